The molecule has 0 aliphatic carbocycles. The molecular formula is C24H38MgO3. The first-order valence-corrected chi connectivity index (χ1v) is 10.3. The van der Waals surface area contributed by atoms with Crippen LogP contribution in [-0.2, 0) is 9.53 Å². The predicted octanol–water partition coefficient (Wildman–Crippen LogP) is 6.41. The van der Waals surface area contributed by atoms with E-state index in [9.17, 15) is 4.79 Å². The number of rotatable bonds is 17. The largest absolute Gasteiger partial charge is 0.479 e. The molecule has 0 fully saturated rings. The van der Waals surface area contributed by atoms with E-state index in [1.807, 2.05) is 6.92 Å². The quantitative estimate of drug-likeness (QED) is 0.175. The minimum atomic E-state index is -0.865. The highest BCUT2D eigenvalue weighted by molar-refractivity contribution is 5.75. The molecule has 154 valence electrons. The van der Waals surface area contributed by atoms with E-state index in [1.54, 1.807) is 0 Å². The van der Waals surface area contributed by atoms with Crippen LogP contribution in [0.4, 0.5) is 0 Å². The molecule has 0 rings (SSSR count). The summed E-state index contributed by atoms with van der Waals surface area (Å²) in [6, 6.07) is 0. The molecule has 1 N–H and O–H groups in total. The van der Waals surface area contributed by atoms with E-state index in [1.165, 1.54) is 0 Å². The molecule has 0 saturated heterocycles. The van der Waals surface area contributed by atoms with Gasteiger partial charge in [0.15, 0.2) is 6.10 Å². The standard InChI is InChI=1S/C24H38O3.Mg/c1-3-5-6-7-8-9-10-11-12-13-14-15-16-17-18-19-20-21-22-27-23(4-2)24(25)26;/h5-6,8-9,11-12,14-15,17-18,23H,3-4,7,10,13,16,19-22H2,1-2H3,(H,25,26);/b6-5-,9-8-,12-11-,15-14-,18-17-;. The molecule has 0 aliphatic heterocycles. The van der Waals surface area contributed by atoms with Crippen LogP contribution in [0.15, 0.2) is 60.8 Å². The lowest BCUT2D eigenvalue weighted by atomic mass is 10.2. The maximum atomic E-state index is 10.8. The van der Waals surface area contributed by atoms with Crippen molar-refractivity contribution < 1.29 is 14.6 Å². The van der Waals surface area contributed by atoms with Gasteiger partial charge in [-0.2, -0.15) is 0 Å². The third-order valence-electron chi connectivity index (χ3n) is 3.89. The molecule has 3 nitrogen and oxygen atoms in total. The Hall–Kier alpha value is -1.10. The molecule has 0 spiro atoms. The number of allylic oxidation sites excluding steroid dienone is 10. The number of ether oxygens (including phenoxy) is 1. The van der Waals surface area contributed by atoms with Gasteiger partial charge < -0.3 is 9.84 Å². The summed E-state index contributed by atoms with van der Waals surface area (Å²) < 4.78 is 5.33. The van der Waals surface area contributed by atoms with Crippen molar-refractivity contribution in [3.63, 3.8) is 0 Å². The van der Waals surface area contributed by atoms with Crippen LogP contribution in [0.2, 0.25) is 0 Å². The van der Waals surface area contributed by atoms with Crippen LogP contribution in [0.25, 0.3) is 0 Å². The summed E-state index contributed by atoms with van der Waals surface area (Å²) in [5.74, 6) is -0.865. The van der Waals surface area contributed by atoms with Crippen molar-refractivity contribution in [2.75, 3.05) is 6.61 Å². The lowest BCUT2D eigenvalue weighted by molar-refractivity contribution is -0.150. The van der Waals surface area contributed by atoms with Crippen LogP contribution < -0.4 is 0 Å². The first-order valence-electron chi connectivity index (χ1n) is 10.3. The monoisotopic (exact) mass is 398 g/mol. The molecule has 0 aromatic rings. The second kappa shape index (κ2) is 23.9. The Morgan fingerprint density at radius 3 is 1.68 bits per heavy atom. The minimum Gasteiger partial charge on any atom is -0.479 e. The molecular weight excluding hydrogens is 361 g/mol. The van der Waals surface area contributed by atoms with Crippen molar-refractivity contribution >= 4 is 29.0 Å². The third-order valence-corrected chi connectivity index (χ3v) is 3.89. The average Bonchev–Trinajstić information content (AvgIpc) is 2.66. The lowest BCUT2D eigenvalue weighted by Gasteiger charge is -2.10. The average molecular weight is 399 g/mol. The van der Waals surface area contributed by atoms with E-state index in [2.05, 4.69) is 67.7 Å². The van der Waals surface area contributed by atoms with Gasteiger partial charge in [0.05, 0.1) is 0 Å². The number of unbranched alkanes of at least 4 members (excludes halogenated alkanes) is 2. The Balaban J connectivity index is 0. The summed E-state index contributed by atoms with van der Waals surface area (Å²) in [5, 5.41) is 8.87. The molecule has 0 aliphatic rings. The van der Waals surface area contributed by atoms with Crippen LogP contribution in [-0.4, -0.2) is 46.8 Å². The normalized spacial score (nSPS) is 13.4. The van der Waals surface area contributed by atoms with Gasteiger partial charge in [0.1, 0.15) is 0 Å². The molecule has 28 heavy (non-hydrogen) atoms. The Labute approximate surface area is 188 Å². The highest BCUT2D eigenvalue weighted by Gasteiger charge is 2.14. The van der Waals surface area contributed by atoms with Crippen molar-refractivity contribution in [2.45, 2.75) is 77.7 Å². The molecule has 0 aromatic carbocycles. The van der Waals surface area contributed by atoms with Crippen molar-refractivity contribution in [1.82, 2.24) is 0 Å². The molecule has 2 radical (unpaired) electrons. The number of aliphatic carboxylic acids is 1. The Morgan fingerprint density at radius 2 is 1.25 bits per heavy atom. The fraction of sp³-hybridized carbons (Fsp3) is 0.542. The van der Waals surface area contributed by atoms with Gasteiger partial charge in [0.25, 0.3) is 0 Å². The van der Waals surface area contributed by atoms with Crippen LogP contribution in [0.3, 0.4) is 0 Å². The summed E-state index contributed by atoms with van der Waals surface area (Å²) in [4.78, 5) is 10.8. The highest BCUT2D eigenvalue weighted by Crippen LogP contribution is 2.03. The molecule has 0 heterocycles. The summed E-state index contributed by atoms with van der Waals surface area (Å²) in [6.45, 7) is 4.50. The van der Waals surface area contributed by atoms with Gasteiger partial charge in [-0.1, -0.05) is 74.6 Å². The highest BCUT2D eigenvalue weighted by atomic mass is 24.3. The molecule has 4 heteroatoms. The van der Waals surface area contributed by atoms with Gasteiger partial charge in [-0.3, -0.25) is 0 Å². The number of carboxylic acid groups (broad SMARTS) is 1. The SMILES string of the molecule is CC/C=C\C/C=C\C/C=C\C/C=C\C/C=C\CCCCOC(CC)C(=O)O.[Mg]. The Bertz CT molecular complexity index is 490. The maximum absolute atomic E-state index is 10.8. The molecule has 0 aromatic heterocycles. The van der Waals surface area contributed by atoms with E-state index in [-0.39, 0.29) is 23.1 Å². The Kier molecular flexibility index (Phi) is 24.9. The number of hydrogen-bond donors (Lipinski definition) is 1. The topological polar surface area (TPSA) is 46.5 Å². The lowest BCUT2D eigenvalue weighted by Crippen LogP contribution is -2.23. The van der Waals surface area contributed by atoms with Crippen molar-refractivity contribution in [1.29, 1.82) is 0 Å². The zero-order chi connectivity index (χ0) is 20.0. The first kappa shape index (κ1) is 29.1. The van der Waals surface area contributed by atoms with Crippen LogP contribution >= 0.6 is 0 Å². The van der Waals surface area contributed by atoms with E-state index in [0.717, 1.165) is 51.4 Å². The third kappa shape index (κ3) is 21.2. The zero-order valence-corrected chi connectivity index (χ0v) is 19.3. The first-order chi connectivity index (χ1) is 13.2. The molecule has 0 amide bonds. The van der Waals surface area contributed by atoms with Gasteiger partial charge in [0.2, 0.25) is 0 Å². The second-order valence-corrected chi connectivity index (χ2v) is 6.31. The summed E-state index contributed by atoms with van der Waals surface area (Å²) in [5.41, 5.74) is 0. The second-order valence-electron chi connectivity index (χ2n) is 6.31. The smallest absolute Gasteiger partial charge is 0.332 e. The van der Waals surface area contributed by atoms with Crippen molar-refractivity contribution in [2.24, 2.45) is 0 Å². The van der Waals surface area contributed by atoms with E-state index < -0.39 is 12.1 Å². The molecule has 1 unspecified atom stereocenters. The van der Waals surface area contributed by atoms with Gasteiger partial charge >= 0.3 is 5.97 Å². The van der Waals surface area contributed by atoms with Crippen molar-refractivity contribution in [3.05, 3.63) is 60.8 Å². The predicted molar refractivity (Wildman–Crippen MR) is 122 cm³/mol. The van der Waals surface area contributed by atoms with Crippen LogP contribution in [0, 0.1) is 0 Å². The summed E-state index contributed by atoms with van der Waals surface area (Å²) >= 11 is 0. The van der Waals surface area contributed by atoms with Gasteiger partial charge in [-0.15, -0.1) is 0 Å². The van der Waals surface area contributed by atoms with Crippen molar-refractivity contribution in [3.8, 4) is 0 Å². The molecule has 1 atom stereocenters. The van der Waals surface area contributed by atoms with E-state index in [4.69, 9.17) is 9.84 Å². The molecule has 0 bridgehead atoms. The Morgan fingerprint density at radius 1 is 0.786 bits per heavy atom. The van der Waals surface area contributed by atoms with Gasteiger partial charge in [-0.25, -0.2) is 4.79 Å². The van der Waals surface area contributed by atoms with Crippen LogP contribution in [0.5, 0.6) is 0 Å². The van der Waals surface area contributed by atoms with E-state index >= 15 is 0 Å². The summed E-state index contributed by atoms with van der Waals surface area (Å²) in [7, 11) is 0. The van der Waals surface area contributed by atoms with Gasteiger partial charge in [-0.05, 0) is 57.8 Å². The van der Waals surface area contributed by atoms with Crippen LogP contribution in [0.1, 0.15) is 71.6 Å². The van der Waals surface area contributed by atoms with Gasteiger partial charge in [0, 0.05) is 29.7 Å². The number of carboxylic acids is 1. The fourth-order valence-corrected chi connectivity index (χ4v) is 2.32. The maximum Gasteiger partial charge on any atom is 0.332 e. The summed E-state index contributed by atoms with van der Waals surface area (Å²) in [6.07, 6.45) is 29.9. The minimum absolute atomic E-state index is 0. The van der Waals surface area contributed by atoms with E-state index in [0.29, 0.717) is 13.0 Å². The number of carbonyl (C=O) groups is 1. The number of hydrogen-bond acceptors (Lipinski definition) is 2. The zero-order valence-electron chi connectivity index (χ0n) is 17.9. The fourth-order valence-electron chi connectivity index (χ4n) is 2.32. The molecule has 0 saturated carbocycles.